The maximum Gasteiger partial charge on any atom is 0.226 e. The molecule has 2 aromatic rings. The van der Waals surface area contributed by atoms with E-state index in [4.69, 9.17) is 9.15 Å². The van der Waals surface area contributed by atoms with Crippen LogP contribution in [-0.4, -0.2) is 31.2 Å². The van der Waals surface area contributed by atoms with Crippen molar-refractivity contribution in [2.75, 3.05) is 20.3 Å². The second kappa shape index (κ2) is 9.37. The maximum atomic E-state index is 12.0. The fourth-order valence-corrected chi connectivity index (χ4v) is 2.54. The van der Waals surface area contributed by atoms with Gasteiger partial charge in [-0.3, -0.25) is 4.79 Å². The van der Waals surface area contributed by atoms with Crippen molar-refractivity contribution in [3.63, 3.8) is 0 Å². The Morgan fingerprint density at radius 2 is 1.96 bits per heavy atom. The largest absolute Gasteiger partial charge is 0.441 e. The number of hydrogen-bond donors (Lipinski definition) is 1. The summed E-state index contributed by atoms with van der Waals surface area (Å²) in [5, 5.41) is 2.91. The number of oxazole rings is 1. The number of carbonyl (C=O) groups is 1. The van der Waals surface area contributed by atoms with Crippen LogP contribution in [0.4, 0.5) is 0 Å². The van der Waals surface area contributed by atoms with Crippen LogP contribution in [-0.2, 0) is 16.0 Å². The van der Waals surface area contributed by atoms with Crippen molar-refractivity contribution in [1.29, 1.82) is 0 Å². The molecule has 0 bridgehead atoms. The Kier molecular flexibility index (Phi) is 7.19. The summed E-state index contributed by atoms with van der Waals surface area (Å²) in [6.07, 6.45) is 2.09. The standard InChI is InChI=1S/C20H28N2O3/c1-14(2)16-7-9-17(10-8-16)20-22-18(15(3)25-20)13-19(23)21-11-5-6-12-24-4/h7-10,14H,5-6,11-13H2,1-4H3,(H,21,23). The number of benzene rings is 1. The van der Waals surface area contributed by atoms with Crippen LogP contribution in [0, 0.1) is 6.92 Å². The highest BCUT2D eigenvalue weighted by Gasteiger charge is 2.14. The number of nitrogens with zero attached hydrogens (tertiary/aromatic N) is 1. The molecule has 5 heteroatoms. The van der Waals surface area contributed by atoms with E-state index in [0.29, 0.717) is 29.8 Å². The SMILES string of the molecule is COCCCCNC(=O)Cc1nc(-c2ccc(C(C)C)cc2)oc1C. The first-order valence-corrected chi connectivity index (χ1v) is 8.83. The van der Waals surface area contributed by atoms with Crippen molar-refractivity contribution in [1.82, 2.24) is 10.3 Å². The van der Waals surface area contributed by atoms with E-state index in [1.54, 1.807) is 7.11 Å². The van der Waals surface area contributed by atoms with E-state index in [9.17, 15) is 4.79 Å². The van der Waals surface area contributed by atoms with Crippen molar-refractivity contribution >= 4 is 5.91 Å². The van der Waals surface area contributed by atoms with Gasteiger partial charge in [0.05, 0.1) is 12.1 Å². The van der Waals surface area contributed by atoms with E-state index in [-0.39, 0.29) is 12.3 Å². The summed E-state index contributed by atoms with van der Waals surface area (Å²) in [5.74, 6) is 1.71. The van der Waals surface area contributed by atoms with Gasteiger partial charge < -0.3 is 14.5 Å². The van der Waals surface area contributed by atoms with Crippen molar-refractivity contribution < 1.29 is 13.9 Å². The van der Waals surface area contributed by atoms with Crippen LogP contribution in [0.3, 0.4) is 0 Å². The highest BCUT2D eigenvalue weighted by atomic mass is 16.5. The summed E-state index contributed by atoms with van der Waals surface area (Å²) in [7, 11) is 1.68. The molecular weight excluding hydrogens is 316 g/mol. The van der Waals surface area contributed by atoms with Gasteiger partial charge in [-0.05, 0) is 43.4 Å². The van der Waals surface area contributed by atoms with Gasteiger partial charge in [-0.15, -0.1) is 0 Å². The van der Waals surface area contributed by atoms with Crippen LogP contribution in [0.15, 0.2) is 28.7 Å². The fraction of sp³-hybridized carbons (Fsp3) is 0.500. The molecular formula is C20H28N2O3. The Bertz CT molecular complexity index is 675. The lowest BCUT2D eigenvalue weighted by Gasteiger charge is -2.04. The molecule has 0 unspecified atom stereocenters. The lowest BCUT2D eigenvalue weighted by molar-refractivity contribution is -0.120. The zero-order chi connectivity index (χ0) is 18.2. The second-order valence-corrected chi connectivity index (χ2v) is 6.53. The molecule has 1 amide bonds. The first-order valence-electron chi connectivity index (χ1n) is 8.83. The molecule has 0 saturated heterocycles. The van der Waals surface area contributed by atoms with Crippen LogP contribution in [0.5, 0.6) is 0 Å². The summed E-state index contributed by atoms with van der Waals surface area (Å²) in [6.45, 7) is 7.55. The third-order valence-electron chi connectivity index (χ3n) is 4.14. The van der Waals surface area contributed by atoms with Gasteiger partial charge in [-0.1, -0.05) is 26.0 Å². The normalized spacial score (nSPS) is 11.1. The molecule has 1 heterocycles. The Balaban J connectivity index is 1.94. The molecule has 0 aliphatic heterocycles. The zero-order valence-electron chi connectivity index (χ0n) is 15.6. The smallest absolute Gasteiger partial charge is 0.226 e. The quantitative estimate of drug-likeness (QED) is 0.702. The average Bonchev–Trinajstić information content (AvgIpc) is 2.95. The third kappa shape index (κ3) is 5.71. The number of hydrogen-bond acceptors (Lipinski definition) is 4. The monoisotopic (exact) mass is 344 g/mol. The molecule has 5 nitrogen and oxygen atoms in total. The van der Waals surface area contributed by atoms with Crippen LogP contribution < -0.4 is 5.32 Å². The number of rotatable bonds is 9. The number of carbonyl (C=O) groups excluding carboxylic acids is 1. The number of aryl methyl sites for hydroxylation is 1. The lowest BCUT2D eigenvalue weighted by Crippen LogP contribution is -2.26. The van der Waals surface area contributed by atoms with Gasteiger partial charge >= 0.3 is 0 Å². The molecule has 0 radical (unpaired) electrons. The highest BCUT2D eigenvalue weighted by Crippen LogP contribution is 2.24. The van der Waals surface area contributed by atoms with Gasteiger partial charge in [0.2, 0.25) is 11.8 Å². The molecule has 0 atom stereocenters. The van der Waals surface area contributed by atoms with E-state index in [2.05, 4.69) is 36.3 Å². The van der Waals surface area contributed by atoms with Gasteiger partial charge in [0.25, 0.3) is 0 Å². The average molecular weight is 344 g/mol. The molecule has 1 N–H and O–H groups in total. The Hall–Kier alpha value is -2.14. The summed E-state index contributed by atoms with van der Waals surface area (Å²) < 4.78 is 10.7. The number of methoxy groups -OCH3 is 1. The minimum absolute atomic E-state index is 0.0319. The predicted octanol–water partition coefficient (Wildman–Crippen LogP) is 3.86. The molecule has 0 fully saturated rings. The highest BCUT2D eigenvalue weighted by molar-refractivity contribution is 5.78. The van der Waals surface area contributed by atoms with Gasteiger partial charge in [0.15, 0.2) is 0 Å². The zero-order valence-corrected chi connectivity index (χ0v) is 15.6. The summed E-state index contributed by atoms with van der Waals surface area (Å²) >= 11 is 0. The van der Waals surface area contributed by atoms with E-state index < -0.39 is 0 Å². The molecule has 25 heavy (non-hydrogen) atoms. The fourth-order valence-electron chi connectivity index (χ4n) is 2.54. The van der Waals surface area contributed by atoms with Gasteiger partial charge in [0.1, 0.15) is 5.76 Å². The van der Waals surface area contributed by atoms with Crippen molar-refractivity contribution in [3.8, 4) is 11.5 Å². The van der Waals surface area contributed by atoms with Crippen LogP contribution >= 0.6 is 0 Å². The maximum absolute atomic E-state index is 12.0. The summed E-state index contributed by atoms with van der Waals surface area (Å²) in [6, 6.07) is 8.21. The number of aromatic nitrogens is 1. The predicted molar refractivity (Wildman–Crippen MR) is 98.6 cm³/mol. The molecule has 1 aromatic heterocycles. The molecule has 0 saturated carbocycles. The van der Waals surface area contributed by atoms with Crippen molar-refractivity contribution in [2.24, 2.45) is 0 Å². The van der Waals surface area contributed by atoms with Crippen molar-refractivity contribution in [3.05, 3.63) is 41.3 Å². The Morgan fingerprint density at radius 1 is 1.24 bits per heavy atom. The van der Waals surface area contributed by atoms with Gasteiger partial charge in [0, 0.05) is 25.8 Å². The molecule has 2 rings (SSSR count). The number of unbranched alkanes of at least 4 members (excludes halogenated alkanes) is 1. The minimum Gasteiger partial charge on any atom is -0.441 e. The topological polar surface area (TPSA) is 64.4 Å². The van der Waals surface area contributed by atoms with Crippen molar-refractivity contribution in [2.45, 2.75) is 46.0 Å². The van der Waals surface area contributed by atoms with Crippen LogP contribution in [0.2, 0.25) is 0 Å². The summed E-state index contributed by atoms with van der Waals surface area (Å²) in [5.41, 5.74) is 2.90. The first kappa shape index (κ1) is 19.2. The van der Waals surface area contributed by atoms with Crippen LogP contribution in [0.1, 0.15) is 49.6 Å². The number of amides is 1. The van der Waals surface area contributed by atoms with E-state index in [1.165, 1.54) is 5.56 Å². The second-order valence-electron chi connectivity index (χ2n) is 6.53. The Morgan fingerprint density at radius 3 is 2.60 bits per heavy atom. The first-order chi connectivity index (χ1) is 12.0. The van der Waals surface area contributed by atoms with E-state index in [0.717, 1.165) is 25.0 Å². The van der Waals surface area contributed by atoms with E-state index in [1.807, 2.05) is 19.1 Å². The molecule has 136 valence electrons. The summed E-state index contributed by atoms with van der Waals surface area (Å²) in [4.78, 5) is 16.5. The van der Waals surface area contributed by atoms with Gasteiger partial charge in [-0.25, -0.2) is 4.98 Å². The molecule has 0 aliphatic rings. The molecule has 1 aromatic carbocycles. The van der Waals surface area contributed by atoms with Crippen LogP contribution in [0.25, 0.3) is 11.5 Å². The van der Waals surface area contributed by atoms with E-state index >= 15 is 0 Å². The lowest BCUT2D eigenvalue weighted by atomic mass is 10.0. The minimum atomic E-state index is -0.0319. The van der Waals surface area contributed by atoms with Gasteiger partial charge in [-0.2, -0.15) is 0 Å². The molecule has 0 aliphatic carbocycles. The molecule has 0 spiro atoms. The Labute approximate surface area is 149 Å². The number of nitrogens with one attached hydrogen (secondary N) is 1. The third-order valence-corrected chi connectivity index (χ3v) is 4.14. The number of ether oxygens (including phenoxy) is 1.